The van der Waals surface area contributed by atoms with E-state index < -0.39 is 4.92 Å². The van der Waals surface area contributed by atoms with Crippen molar-refractivity contribution in [1.82, 2.24) is 0 Å². The van der Waals surface area contributed by atoms with Crippen LogP contribution in [0.2, 0.25) is 0 Å². The molecule has 5 heteroatoms. The van der Waals surface area contributed by atoms with Gasteiger partial charge in [0.05, 0.1) is 10.8 Å². The first-order valence-corrected chi connectivity index (χ1v) is 6.70. The number of nitrogens with zero attached hydrogens (tertiary/aromatic N) is 2. The van der Waals surface area contributed by atoms with Crippen LogP contribution in [0.1, 0.15) is 11.1 Å². The molecule has 0 aliphatic heterocycles. The van der Waals surface area contributed by atoms with Gasteiger partial charge in [-0.1, -0.05) is 18.2 Å². The summed E-state index contributed by atoms with van der Waals surface area (Å²) >= 11 is 5.81. The van der Waals surface area contributed by atoms with Gasteiger partial charge >= 0.3 is 0 Å². The van der Waals surface area contributed by atoms with E-state index in [2.05, 4.69) is 0 Å². The highest BCUT2D eigenvalue weighted by Gasteiger charge is 2.15. The van der Waals surface area contributed by atoms with E-state index in [1.807, 2.05) is 43.1 Å². The van der Waals surface area contributed by atoms with Crippen LogP contribution in [0.3, 0.4) is 0 Å². The summed E-state index contributed by atoms with van der Waals surface area (Å²) in [6.07, 6.45) is 0. The Morgan fingerprint density at radius 1 is 1.25 bits per heavy atom. The molecule has 0 heterocycles. The van der Waals surface area contributed by atoms with Gasteiger partial charge in [-0.05, 0) is 30.7 Å². The summed E-state index contributed by atoms with van der Waals surface area (Å²) in [5, 5.41) is 10.9. The van der Waals surface area contributed by atoms with E-state index in [4.69, 9.17) is 11.6 Å². The smallest absolute Gasteiger partial charge is 0.273 e. The average molecular weight is 291 g/mol. The van der Waals surface area contributed by atoms with Gasteiger partial charge in [0, 0.05) is 30.1 Å². The van der Waals surface area contributed by atoms with Crippen LogP contribution in [-0.2, 0) is 5.88 Å². The van der Waals surface area contributed by atoms with E-state index in [1.165, 1.54) is 6.07 Å². The van der Waals surface area contributed by atoms with Gasteiger partial charge in [0.2, 0.25) is 0 Å². The Morgan fingerprint density at radius 3 is 2.55 bits per heavy atom. The van der Waals surface area contributed by atoms with Gasteiger partial charge in [-0.25, -0.2) is 0 Å². The molecule has 0 saturated heterocycles. The zero-order valence-electron chi connectivity index (χ0n) is 11.3. The second-order valence-electron chi connectivity index (χ2n) is 4.55. The second kappa shape index (κ2) is 5.92. The van der Waals surface area contributed by atoms with Gasteiger partial charge in [-0.15, -0.1) is 11.6 Å². The molecule has 20 heavy (non-hydrogen) atoms. The van der Waals surface area contributed by atoms with Crippen LogP contribution >= 0.6 is 11.6 Å². The van der Waals surface area contributed by atoms with Gasteiger partial charge in [0.1, 0.15) is 0 Å². The summed E-state index contributed by atoms with van der Waals surface area (Å²) in [6, 6.07) is 13.0. The fourth-order valence-electron chi connectivity index (χ4n) is 2.14. The number of nitro groups is 1. The molecule has 0 radical (unpaired) electrons. The Morgan fingerprint density at radius 2 is 1.95 bits per heavy atom. The molecule has 4 nitrogen and oxygen atoms in total. The highest BCUT2D eigenvalue weighted by Crippen LogP contribution is 2.31. The van der Waals surface area contributed by atoms with Crippen molar-refractivity contribution in [2.45, 2.75) is 12.8 Å². The molecule has 0 amide bonds. The number of alkyl halides is 1. The normalized spacial score (nSPS) is 10.3. The van der Waals surface area contributed by atoms with E-state index in [0.717, 1.165) is 16.9 Å². The van der Waals surface area contributed by atoms with E-state index in [9.17, 15) is 10.1 Å². The van der Waals surface area contributed by atoms with Crippen molar-refractivity contribution >= 4 is 28.7 Å². The van der Waals surface area contributed by atoms with Crippen molar-refractivity contribution in [3.63, 3.8) is 0 Å². The maximum atomic E-state index is 10.9. The van der Waals surface area contributed by atoms with Crippen molar-refractivity contribution in [3.8, 4) is 0 Å². The van der Waals surface area contributed by atoms with E-state index >= 15 is 0 Å². The van der Waals surface area contributed by atoms with Crippen molar-refractivity contribution in [3.05, 3.63) is 63.7 Å². The van der Waals surface area contributed by atoms with Crippen molar-refractivity contribution in [2.75, 3.05) is 11.9 Å². The van der Waals surface area contributed by atoms with Crippen LogP contribution in [-0.4, -0.2) is 12.0 Å². The molecule has 2 aromatic carbocycles. The predicted molar refractivity (Wildman–Crippen MR) is 81.9 cm³/mol. The first kappa shape index (κ1) is 14.3. The Balaban J connectivity index is 2.43. The lowest BCUT2D eigenvalue weighted by Crippen LogP contribution is -2.11. The zero-order chi connectivity index (χ0) is 14.7. The van der Waals surface area contributed by atoms with Crippen molar-refractivity contribution in [1.29, 1.82) is 0 Å². The van der Waals surface area contributed by atoms with Crippen LogP contribution in [0, 0.1) is 17.0 Å². The number of hydrogen-bond donors (Lipinski definition) is 0. The van der Waals surface area contributed by atoms with E-state index in [0.29, 0.717) is 5.56 Å². The van der Waals surface area contributed by atoms with Gasteiger partial charge in [-0.2, -0.15) is 0 Å². The first-order chi connectivity index (χ1) is 9.54. The summed E-state index contributed by atoms with van der Waals surface area (Å²) in [5.74, 6) is 0.117. The molecular weight excluding hydrogens is 276 g/mol. The second-order valence-corrected chi connectivity index (χ2v) is 4.82. The quantitative estimate of drug-likeness (QED) is 0.476. The lowest BCUT2D eigenvalue weighted by Gasteiger charge is -2.22. The largest absolute Gasteiger partial charge is 0.344 e. The van der Waals surface area contributed by atoms with Crippen molar-refractivity contribution < 1.29 is 4.92 Å². The number of para-hydroxylation sites is 1. The molecule has 0 N–H and O–H groups in total. The van der Waals surface area contributed by atoms with Gasteiger partial charge in [0.25, 0.3) is 5.69 Å². The molecule has 0 spiro atoms. The highest BCUT2D eigenvalue weighted by molar-refractivity contribution is 6.17. The highest BCUT2D eigenvalue weighted by atomic mass is 35.5. The SMILES string of the molecule is Cc1ccccc1N(C)c1ccc([N+](=O)[O-])c(CCl)c1. The van der Waals surface area contributed by atoms with Crippen LogP contribution in [0.4, 0.5) is 17.1 Å². The summed E-state index contributed by atoms with van der Waals surface area (Å²) in [7, 11) is 1.93. The van der Waals surface area contributed by atoms with Crippen LogP contribution < -0.4 is 4.90 Å². The molecule has 0 aliphatic carbocycles. The lowest BCUT2D eigenvalue weighted by molar-refractivity contribution is -0.385. The zero-order valence-corrected chi connectivity index (χ0v) is 12.1. The third-order valence-electron chi connectivity index (χ3n) is 3.27. The van der Waals surface area contributed by atoms with Crippen LogP contribution in [0.5, 0.6) is 0 Å². The maximum Gasteiger partial charge on any atom is 0.273 e. The van der Waals surface area contributed by atoms with Crippen LogP contribution in [0.25, 0.3) is 0 Å². The molecule has 104 valence electrons. The molecule has 0 atom stereocenters. The molecule has 0 unspecified atom stereocenters. The van der Waals surface area contributed by atoms with Crippen LogP contribution in [0.15, 0.2) is 42.5 Å². The molecule has 0 aliphatic rings. The average Bonchev–Trinajstić information content (AvgIpc) is 2.46. The summed E-state index contributed by atoms with van der Waals surface area (Å²) in [5.41, 5.74) is 3.65. The Labute approximate surface area is 122 Å². The molecule has 0 bridgehead atoms. The number of rotatable bonds is 4. The molecular formula is C15H15ClN2O2. The summed E-state index contributed by atoms with van der Waals surface area (Å²) < 4.78 is 0. The molecule has 0 aromatic heterocycles. The topological polar surface area (TPSA) is 46.4 Å². The predicted octanol–water partition coefficient (Wildman–Crippen LogP) is 4.41. The van der Waals surface area contributed by atoms with Crippen molar-refractivity contribution in [2.24, 2.45) is 0 Å². The number of benzene rings is 2. The third kappa shape index (κ3) is 2.75. The lowest BCUT2D eigenvalue weighted by atomic mass is 10.1. The van der Waals surface area contributed by atoms with E-state index in [-0.39, 0.29) is 11.6 Å². The minimum atomic E-state index is -0.407. The number of hydrogen-bond acceptors (Lipinski definition) is 3. The molecule has 0 fully saturated rings. The number of halogens is 1. The Kier molecular flexibility index (Phi) is 4.25. The number of nitro benzene ring substituents is 1. The summed E-state index contributed by atoms with van der Waals surface area (Å²) in [4.78, 5) is 12.5. The summed E-state index contributed by atoms with van der Waals surface area (Å²) in [6.45, 7) is 2.03. The number of anilines is 2. The van der Waals surface area contributed by atoms with Gasteiger partial charge in [-0.3, -0.25) is 10.1 Å². The minimum absolute atomic E-state index is 0.0573. The Bertz CT molecular complexity index is 644. The van der Waals surface area contributed by atoms with Gasteiger partial charge < -0.3 is 4.90 Å². The maximum absolute atomic E-state index is 10.9. The monoisotopic (exact) mass is 290 g/mol. The third-order valence-corrected chi connectivity index (χ3v) is 3.56. The fraction of sp³-hybridized carbons (Fsp3) is 0.200. The Hall–Kier alpha value is -2.07. The number of aryl methyl sites for hydroxylation is 1. The standard InChI is InChI=1S/C15H15ClN2O2/c1-11-5-3-4-6-14(11)17(2)13-7-8-15(18(19)20)12(9-13)10-16/h3-9H,10H2,1-2H3. The molecule has 0 saturated carbocycles. The van der Waals surface area contributed by atoms with Gasteiger partial charge in [0.15, 0.2) is 0 Å². The van der Waals surface area contributed by atoms with E-state index in [1.54, 1.807) is 12.1 Å². The first-order valence-electron chi connectivity index (χ1n) is 6.17. The fourth-order valence-corrected chi connectivity index (χ4v) is 2.36. The molecule has 2 aromatic rings. The molecule has 2 rings (SSSR count). The minimum Gasteiger partial charge on any atom is -0.344 e.